The number of halogens is 5. The van der Waals surface area contributed by atoms with Crippen LogP contribution in [-0.4, -0.2) is 15.5 Å². The molecular formula is C16H8Cl4FN3O2. The third-order valence-electron chi connectivity index (χ3n) is 3.48. The minimum absolute atomic E-state index is 0.0221. The van der Waals surface area contributed by atoms with Gasteiger partial charge >= 0.3 is 0 Å². The molecule has 1 aromatic heterocycles. The largest absolute Gasteiger partial charge is 0.322 e. The molecule has 0 atom stereocenters. The summed E-state index contributed by atoms with van der Waals surface area (Å²) in [7, 11) is 0. The number of hydrogen-bond acceptors (Lipinski definition) is 3. The lowest BCUT2D eigenvalue weighted by molar-refractivity contribution is -0.116. The van der Waals surface area contributed by atoms with E-state index in [0.717, 1.165) is 23.0 Å². The summed E-state index contributed by atoms with van der Waals surface area (Å²) in [6.07, 6.45) is 1.15. The summed E-state index contributed by atoms with van der Waals surface area (Å²) >= 11 is 23.9. The fraction of sp³-hybridized carbons (Fsp3) is 0.0625. The van der Waals surface area contributed by atoms with Crippen LogP contribution in [0.4, 0.5) is 10.1 Å². The van der Waals surface area contributed by atoms with Crippen LogP contribution in [0, 0.1) is 5.82 Å². The summed E-state index contributed by atoms with van der Waals surface area (Å²) in [5.41, 5.74) is -0.259. The number of fused-ring (bicyclic) bond motifs is 1. The molecule has 0 saturated carbocycles. The average molecular weight is 435 g/mol. The Morgan fingerprint density at radius 2 is 1.77 bits per heavy atom. The van der Waals surface area contributed by atoms with Gasteiger partial charge in [0.05, 0.1) is 43.0 Å². The van der Waals surface area contributed by atoms with Gasteiger partial charge in [-0.05, 0) is 18.2 Å². The molecule has 0 fully saturated rings. The SMILES string of the molecule is O=C(Cn1cnc2cc(F)ccc2c1=O)Nc1c(Cl)c(Cl)cc(Cl)c1Cl. The molecule has 26 heavy (non-hydrogen) atoms. The van der Waals surface area contributed by atoms with Crippen molar-refractivity contribution in [3.63, 3.8) is 0 Å². The third-order valence-corrected chi connectivity index (χ3v) is 5.05. The first-order chi connectivity index (χ1) is 12.3. The van der Waals surface area contributed by atoms with Gasteiger partial charge in [0.25, 0.3) is 5.56 Å². The molecule has 0 aliphatic heterocycles. The van der Waals surface area contributed by atoms with E-state index in [9.17, 15) is 14.0 Å². The van der Waals surface area contributed by atoms with Crippen molar-refractivity contribution in [2.45, 2.75) is 6.54 Å². The highest BCUT2D eigenvalue weighted by molar-refractivity contribution is 6.50. The molecule has 0 aliphatic rings. The van der Waals surface area contributed by atoms with E-state index >= 15 is 0 Å². The van der Waals surface area contributed by atoms with Crippen LogP contribution in [0.2, 0.25) is 20.1 Å². The molecule has 1 N–H and O–H groups in total. The van der Waals surface area contributed by atoms with E-state index in [1.54, 1.807) is 0 Å². The maximum absolute atomic E-state index is 13.2. The number of amides is 1. The van der Waals surface area contributed by atoms with Crippen molar-refractivity contribution < 1.29 is 9.18 Å². The van der Waals surface area contributed by atoms with E-state index in [0.29, 0.717) is 0 Å². The van der Waals surface area contributed by atoms with Gasteiger partial charge in [0.1, 0.15) is 12.4 Å². The van der Waals surface area contributed by atoms with Crippen molar-refractivity contribution in [1.29, 1.82) is 0 Å². The Hall–Kier alpha value is -1.86. The Kier molecular flexibility index (Phi) is 5.39. The van der Waals surface area contributed by atoms with Crippen LogP contribution in [0.15, 0.2) is 35.4 Å². The summed E-state index contributed by atoms with van der Waals surface area (Å²) in [6.45, 7) is -0.365. The van der Waals surface area contributed by atoms with Crippen LogP contribution in [0.5, 0.6) is 0 Å². The van der Waals surface area contributed by atoms with Crippen molar-refractivity contribution >= 4 is 68.9 Å². The molecule has 3 aromatic rings. The lowest BCUT2D eigenvalue weighted by Crippen LogP contribution is -2.28. The van der Waals surface area contributed by atoms with E-state index in [1.165, 1.54) is 12.1 Å². The molecule has 134 valence electrons. The smallest absolute Gasteiger partial charge is 0.261 e. The topological polar surface area (TPSA) is 64.0 Å². The molecule has 2 aromatic carbocycles. The summed E-state index contributed by atoms with van der Waals surface area (Å²) in [5, 5.41) is 2.93. The van der Waals surface area contributed by atoms with E-state index in [2.05, 4.69) is 10.3 Å². The van der Waals surface area contributed by atoms with Crippen LogP contribution in [-0.2, 0) is 11.3 Å². The molecule has 0 radical (unpaired) electrons. The van der Waals surface area contributed by atoms with Gasteiger partial charge in [0.2, 0.25) is 5.91 Å². The Labute approximate surface area is 166 Å². The lowest BCUT2D eigenvalue weighted by atomic mass is 10.2. The van der Waals surface area contributed by atoms with Gasteiger partial charge < -0.3 is 5.32 Å². The maximum Gasteiger partial charge on any atom is 0.261 e. The molecule has 0 saturated heterocycles. The molecule has 0 unspecified atom stereocenters. The molecule has 1 heterocycles. The van der Waals surface area contributed by atoms with Gasteiger partial charge in [-0.2, -0.15) is 0 Å². The van der Waals surface area contributed by atoms with Crippen LogP contribution in [0.3, 0.4) is 0 Å². The van der Waals surface area contributed by atoms with Crippen molar-refractivity contribution in [3.8, 4) is 0 Å². The monoisotopic (exact) mass is 433 g/mol. The third kappa shape index (κ3) is 3.64. The molecule has 0 spiro atoms. The predicted molar refractivity (Wildman–Crippen MR) is 101 cm³/mol. The van der Waals surface area contributed by atoms with E-state index < -0.39 is 17.3 Å². The van der Waals surface area contributed by atoms with Crippen molar-refractivity contribution in [1.82, 2.24) is 9.55 Å². The first-order valence-electron chi connectivity index (χ1n) is 7.05. The highest BCUT2D eigenvalue weighted by Gasteiger charge is 2.17. The Morgan fingerprint density at radius 1 is 1.12 bits per heavy atom. The van der Waals surface area contributed by atoms with Crippen LogP contribution >= 0.6 is 46.4 Å². The number of carbonyl (C=O) groups excluding carboxylic acids is 1. The quantitative estimate of drug-likeness (QED) is 0.603. The number of aromatic nitrogens is 2. The standard InChI is InChI=1S/C16H8Cl4FN3O2/c17-9-4-10(18)14(20)15(13(9)19)23-12(25)5-24-6-22-11-3-7(21)1-2-8(11)16(24)26/h1-4,6H,5H2,(H,23,25). The van der Waals surface area contributed by atoms with E-state index in [-0.39, 0.29) is 43.2 Å². The van der Waals surface area contributed by atoms with Crippen LogP contribution < -0.4 is 10.9 Å². The van der Waals surface area contributed by atoms with E-state index in [4.69, 9.17) is 46.4 Å². The first-order valence-corrected chi connectivity index (χ1v) is 8.56. The van der Waals surface area contributed by atoms with Gasteiger partial charge in [-0.1, -0.05) is 46.4 Å². The number of rotatable bonds is 3. The Bertz CT molecular complexity index is 1070. The van der Waals surface area contributed by atoms with Gasteiger partial charge in [-0.25, -0.2) is 9.37 Å². The second-order valence-electron chi connectivity index (χ2n) is 5.23. The second kappa shape index (κ2) is 7.40. The number of benzene rings is 2. The molecular weight excluding hydrogens is 427 g/mol. The first kappa shape index (κ1) is 18.9. The zero-order valence-electron chi connectivity index (χ0n) is 12.7. The zero-order valence-corrected chi connectivity index (χ0v) is 15.7. The summed E-state index contributed by atoms with van der Waals surface area (Å²) in [6, 6.07) is 4.93. The van der Waals surface area contributed by atoms with Crippen molar-refractivity contribution in [3.05, 3.63) is 66.9 Å². The number of hydrogen-bond donors (Lipinski definition) is 1. The molecule has 1 amide bonds. The van der Waals surface area contributed by atoms with E-state index in [1.807, 2.05) is 0 Å². The maximum atomic E-state index is 13.2. The zero-order chi connectivity index (χ0) is 19.0. The van der Waals surface area contributed by atoms with Crippen molar-refractivity contribution in [2.75, 3.05) is 5.32 Å². The number of anilines is 1. The summed E-state index contributed by atoms with van der Waals surface area (Å²) in [5.74, 6) is -1.11. The minimum atomic E-state index is -0.600. The molecule has 3 rings (SSSR count). The summed E-state index contributed by atoms with van der Waals surface area (Å²) in [4.78, 5) is 28.7. The van der Waals surface area contributed by atoms with Crippen LogP contribution in [0.25, 0.3) is 10.9 Å². The van der Waals surface area contributed by atoms with Gasteiger partial charge in [-0.15, -0.1) is 0 Å². The average Bonchev–Trinajstić information content (AvgIpc) is 2.59. The van der Waals surface area contributed by atoms with Crippen molar-refractivity contribution in [2.24, 2.45) is 0 Å². The van der Waals surface area contributed by atoms with Gasteiger partial charge in [0, 0.05) is 6.07 Å². The highest BCUT2D eigenvalue weighted by atomic mass is 35.5. The number of nitrogens with zero attached hydrogens (tertiary/aromatic N) is 2. The number of carbonyl (C=O) groups is 1. The van der Waals surface area contributed by atoms with Gasteiger partial charge in [-0.3, -0.25) is 14.2 Å². The molecule has 5 nitrogen and oxygen atoms in total. The lowest BCUT2D eigenvalue weighted by Gasteiger charge is -2.12. The Morgan fingerprint density at radius 3 is 2.42 bits per heavy atom. The normalized spacial score (nSPS) is 11.0. The number of nitrogens with one attached hydrogen (secondary N) is 1. The van der Waals surface area contributed by atoms with Crippen LogP contribution in [0.1, 0.15) is 0 Å². The minimum Gasteiger partial charge on any atom is -0.322 e. The molecule has 10 heteroatoms. The molecule has 0 bridgehead atoms. The summed E-state index contributed by atoms with van der Waals surface area (Å²) < 4.78 is 14.3. The fourth-order valence-corrected chi connectivity index (χ4v) is 3.16. The van der Waals surface area contributed by atoms with Gasteiger partial charge in [0.15, 0.2) is 0 Å². The Balaban J connectivity index is 1.90. The predicted octanol–water partition coefficient (Wildman–Crippen LogP) is 4.79. The molecule has 0 aliphatic carbocycles. The fourth-order valence-electron chi connectivity index (χ4n) is 2.26. The second-order valence-corrected chi connectivity index (χ2v) is 6.80. The highest BCUT2D eigenvalue weighted by Crippen LogP contribution is 2.40.